The van der Waals surface area contributed by atoms with E-state index in [1.54, 1.807) is 0 Å². The topological polar surface area (TPSA) is 15.3 Å². The number of rotatable bonds is 3. The minimum Gasteiger partial charge on any atom is -0.315 e. The Labute approximate surface area is 87.5 Å². The van der Waals surface area contributed by atoms with Gasteiger partial charge in [0.15, 0.2) is 0 Å². The van der Waals surface area contributed by atoms with Gasteiger partial charge in [0.2, 0.25) is 0 Å². The van der Waals surface area contributed by atoms with E-state index in [0.717, 1.165) is 12.0 Å². The molecule has 0 aromatic rings. The lowest BCUT2D eigenvalue weighted by Gasteiger charge is -2.22. The van der Waals surface area contributed by atoms with E-state index in [1.165, 1.54) is 45.4 Å². The lowest BCUT2D eigenvalue weighted by molar-refractivity contribution is 0.248. The highest BCUT2D eigenvalue weighted by atomic mass is 35.5. The molecule has 0 spiro atoms. The van der Waals surface area contributed by atoms with E-state index < -0.39 is 0 Å². The van der Waals surface area contributed by atoms with Crippen LogP contribution in [0.15, 0.2) is 0 Å². The van der Waals surface area contributed by atoms with Crippen molar-refractivity contribution in [3.8, 4) is 0 Å². The second-order valence-electron chi connectivity index (χ2n) is 4.16. The SMILES string of the molecule is CCCCN1CC[C@H]2CNC[C@H]21.Cl. The van der Waals surface area contributed by atoms with Gasteiger partial charge in [0.05, 0.1) is 0 Å². The third kappa shape index (κ3) is 2.36. The summed E-state index contributed by atoms with van der Waals surface area (Å²) in [4.78, 5) is 2.69. The Bertz CT molecular complexity index is 152. The van der Waals surface area contributed by atoms with Crippen molar-refractivity contribution >= 4 is 12.4 Å². The van der Waals surface area contributed by atoms with E-state index in [9.17, 15) is 0 Å². The monoisotopic (exact) mass is 204 g/mol. The van der Waals surface area contributed by atoms with Gasteiger partial charge in [-0.1, -0.05) is 13.3 Å². The Morgan fingerprint density at radius 1 is 1.38 bits per heavy atom. The number of nitrogens with zero attached hydrogens (tertiary/aromatic N) is 1. The maximum atomic E-state index is 3.49. The van der Waals surface area contributed by atoms with Crippen LogP contribution < -0.4 is 5.32 Å². The van der Waals surface area contributed by atoms with Crippen LogP contribution in [-0.2, 0) is 0 Å². The molecule has 1 N–H and O–H groups in total. The van der Waals surface area contributed by atoms with Crippen LogP contribution in [0.1, 0.15) is 26.2 Å². The van der Waals surface area contributed by atoms with Crippen molar-refractivity contribution in [2.75, 3.05) is 26.2 Å². The first-order valence-electron chi connectivity index (χ1n) is 5.36. The first kappa shape index (κ1) is 11.3. The van der Waals surface area contributed by atoms with Gasteiger partial charge < -0.3 is 5.32 Å². The molecule has 0 radical (unpaired) electrons. The molecule has 2 saturated heterocycles. The van der Waals surface area contributed by atoms with Crippen LogP contribution in [0.25, 0.3) is 0 Å². The molecule has 2 nitrogen and oxygen atoms in total. The van der Waals surface area contributed by atoms with Crippen molar-refractivity contribution < 1.29 is 0 Å². The highest BCUT2D eigenvalue weighted by molar-refractivity contribution is 5.85. The van der Waals surface area contributed by atoms with Gasteiger partial charge in [0.25, 0.3) is 0 Å². The van der Waals surface area contributed by atoms with Crippen LogP contribution in [0.4, 0.5) is 0 Å². The van der Waals surface area contributed by atoms with Crippen molar-refractivity contribution in [3.63, 3.8) is 0 Å². The van der Waals surface area contributed by atoms with Gasteiger partial charge in [-0.3, -0.25) is 4.90 Å². The number of nitrogens with one attached hydrogen (secondary N) is 1. The minimum atomic E-state index is 0. The molecule has 0 aliphatic carbocycles. The summed E-state index contributed by atoms with van der Waals surface area (Å²) in [6, 6.07) is 0.886. The zero-order chi connectivity index (χ0) is 8.39. The predicted molar refractivity (Wildman–Crippen MR) is 58.5 cm³/mol. The maximum absolute atomic E-state index is 3.49. The molecule has 0 unspecified atom stereocenters. The molecule has 2 fully saturated rings. The van der Waals surface area contributed by atoms with Crippen LogP contribution >= 0.6 is 12.4 Å². The number of unbranched alkanes of at least 4 members (excludes halogenated alkanes) is 1. The van der Waals surface area contributed by atoms with Crippen LogP contribution in [0.3, 0.4) is 0 Å². The fraction of sp³-hybridized carbons (Fsp3) is 1.00. The molecule has 2 aliphatic rings. The van der Waals surface area contributed by atoms with Crippen molar-refractivity contribution in [2.24, 2.45) is 5.92 Å². The van der Waals surface area contributed by atoms with E-state index in [4.69, 9.17) is 0 Å². The second-order valence-corrected chi connectivity index (χ2v) is 4.16. The molecule has 0 aromatic carbocycles. The predicted octanol–water partition coefficient (Wildman–Crippen LogP) is 1.50. The molecule has 78 valence electrons. The molecule has 2 aliphatic heterocycles. The largest absolute Gasteiger partial charge is 0.315 e. The number of hydrogen-bond donors (Lipinski definition) is 1. The molecule has 2 heterocycles. The van der Waals surface area contributed by atoms with Gasteiger partial charge in [-0.25, -0.2) is 0 Å². The van der Waals surface area contributed by atoms with E-state index in [1.807, 2.05) is 0 Å². The molecule has 2 rings (SSSR count). The summed E-state index contributed by atoms with van der Waals surface area (Å²) in [5.41, 5.74) is 0. The highest BCUT2D eigenvalue weighted by Gasteiger charge is 2.36. The molecule has 0 saturated carbocycles. The van der Waals surface area contributed by atoms with Crippen molar-refractivity contribution in [1.29, 1.82) is 0 Å². The van der Waals surface area contributed by atoms with Crippen molar-refractivity contribution in [2.45, 2.75) is 32.2 Å². The number of halogens is 1. The number of hydrogen-bond acceptors (Lipinski definition) is 2. The van der Waals surface area contributed by atoms with Crippen LogP contribution in [-0.4, -0.2) is 37.1 Å². The summed E-state index contributed by atoms with van der Waals surface area (Å²) in [6.07, 6.45) is 4.14. The third-order valence-corrected chi connectivity index (χ3v) is 3.36. The van der Waals surface area contributed by atoms with Crippen LogP contribution in [0.2, 0.25) is 0 Å². The van der Waals surface area contributed by atoms with Crippen LogP contribution in [0, 0.1) is 5.92 Å². The normalized spacial score (nSPS) is 33.0. The van der Waals surface area contributed by atoms with Crippen molar-refractivity contribution in [3.05, 3.63) is 0 Å². The first-order valence-corrected chi connectivity index (χ1v) is 5.36. The fourth-order valence-electron chi connectivity index (χ4n) is 2.58. The van der Waals surface area contributed by atoms with Gasteiger partial charge in [0, 0.05) is 12.6 Å². The Morgan fingerprint density at radius 2 is 2.23 bits per heavy atom. The molecule has 0 amide bonds. The zero-order valence-corrected chi connectivity index (χ0v) is 9.28. The molecule has 2 atom stereocenters. The van der Waals surface area contributed by atoms with E-state index in [2.05, 4.69) is 17.1 Å². The molecule has 0 aromatic heterocycles. The third-order valence-electron chi connectivity index (χ3n) is 3.36. The quantitative estimate of drug-likeness (QED) is 0.750. The molecule has 0 bridgehead atoms. The summed E-state index contributed by atoms with van der Waals surface area (Å²) in [7, 11) is 0. The number of fused-ring (bicyclic) bond motifs is 1. The van der Waals surface area contributed by atoms with Gasteiger partial charge >= 0.3 is 0 Å². The average Bonchev–Trinajstić information content (AvgIpc) is 2.62. The van der Waals surface area contributed by atoms with Gasteiger partial charge in [-0.2, -0.15) is 0 Å². The Hall–Kier alpha value is 0.210. The Balaban J connectivity index is 0.000000845. The summed E-state index contributed by atoms with van der Waals surface area (Å²) in [5.74, 6) is 0.974. The summed E-state index contributed by atoms with van der Waals surface area (Å²) in [6.45, 7) is 7.48. The zero-order valence-electron chi connectivity index (χ0n) is 8.46. The molecular formula is C10H21ClN2. The van der Waals surface area contributed by atoms with Gasteiger partial charge in [0.1, 0.15) is 0 Å². The van der Waals surface area contributed by atoms with Crippen molar-refractivity contribution in [1.82, 2.24) is 10.2 Å². The van der Waals surface area contributed by atoms with Gasteiger partial charge in [-0.15, -0.1) is 12.4 Å². The smallest absolute Gasteiger partial charge is 0.0261 e. The molecule has 3 heteroatoms. The van der Waals surface area contributed by atoms with E-state index in [-0.39, 0.29) is 12.4 Å². The molecule has 13 heavy (non-hydrogen) atoms. The fourth-order valence-corrected chi connectivity index (χ4v) is 2.58. The van der Waals surface area contributed by atoms with Crippen LogP contribution in [0.5, 0.6) is 0 Å². The second kappa shape index (κ2) is 5.18. The summed E-state index contributed by atoms with van der Waals surface area (Å²) >= 11 is 0. The minimum absolute atomic E-state index is 0. The first-order chi connectivity index (χ1) is 5.92. The van der Waals surface area contributed by atoms with E-state index in [0.29, 0.717) is 0 Å². The maximum Gasteiger partial charge on any atom is 0.0261 e. The van der Waals surface area contributed by atoms with Gasteiger partial charge in [-0.05, 0) is 38.4 Å². The lowest BCUT2D eigenvalue weighted by Crippen LogP contribution is -2.34. The number of likely N-dealkylation sites (tertiary alicyclic amines) is 1. The standard InChI is InChI=1S/C10H20N2.ClH/c1-2-3-5-12-6-4-9-7-11-8-10(9)12;/h9-11H,2-8H2,1H3;1H/t9-,10+;/m0./s1. The van der Waals surface area contributed by atoms with E-state index >= 15 is 0 Å². The molecular weight excluding hydrogens is 184 g/mol. The summed E-state index contributed by atoms with van der Waals surface area (Å²) in [5, 5.41) is 3.49. The Morgan fingerprint density at radius 3 is 3.00 bits per heavy atom. The lowest BCUT2D eigenvalue weighted by atomic mass is 10.1. The average molecular weight is 205 g/mol. The summed E-state index contributed by atoms with van der Waals surface area (Å²) < 4.78 is 0. The Kier molecular flexibility index (Phi) is 4.50. The highest BCUT2D eigenvalue weighted by Crippen LogP contribution is 2.26.